The Balaban J connectivity index is 1.96. The van der Waals surface area contributed by atoms with Gasteiger partial charge in [-0.3, -0.25) is 0 Å². The van der Waals surface area contributed by atoms with E-state index in [2.05, 4.69) is 99.0 Å². The third-order valence-electron chi connectivity index (χ3n) is 6.98. The van der Waals surface area contributed by atoms with Crippen molar-refractivity contribution in [3.05, 3.63) is 81.9 Å². The summed E-state index contributed by atoms with van der Waals surface area (Å²) in [5, 5.41) is 0. The Morgan fingerprint density at radius 1 is 0.742 bits per heavy atom. The van der Waals surface area contributed by atoms with Crippen LogP contribution in [-0.4, -0.2) is 3.71 Å². The third kappa shape index (κ3) is 4.05. The number of hydrogen-bond donors (Lipinski definition) is 0. The standard InChI is InChI=1S/2C13H15.C2H4.2ClH.Zr/c2*1-10(2)7-11-8-12-5-3-4-6-13(12)9-11;1-2;;;/h2*3-6,8-10H,7H2,1-2H3;1H,2H3;2*1H;/q;;;;;+2/p-2. The summed E-state index contributed by atoms with van der Waals surface area (Å²) in [5.74, 6) is 1.13. The molecule has 0 bridgehead atoms. The predicted molar refractivity (Wildman–Crippen MR) is 137 cm³/mol. The fraction of sp³-hybridized carbons (Fsp3) is 0.393. The van der Waals surface area contributed by atoms with Gasteiger partial charge in [-0.05, 0) is 0 Å². The van der Waals surface area contributed by atoms with Crippen LogP contribution in [0.2, 0.25) is 0 Å². The zero-order valence-corrected chi connectivity index (χ0v) is 23.3. The second-order valence-corrected chi connectivity index (χ2v) is 31.7. The molecule has 2 aromatic rings. The maximum atomic E-state index is 8.04. The Bertz CT molecular complexity index is 1050. The van der Waals surface area contributed by atoms with Gasteiger partial charge >= 0.3 is 197 Å². The van der Waals surface area contributed by atoms with E-state index in [9.17, 15) is 0 Å². The van der Waals surface area contributed by atoms with Crippen molar-refractivity contribution in [3.8, 4) is 0 Å². The molecule has 0 fully saturated rings. The quantitative estimate of drug-likeness (QED) is 0.348. The molecule has 2 unspecified atom stereocenters. The molecule has 0 radical (unpaired) electrons. The van der Waals surface area contributed by atoms with Gasteiger partial charge in [0.15, 0.2) is 0 Å². The van der Waals surface area contributed by atoms with Gasteiger partial charge in [0.05, 0.1) is 0 Å². The molecule has 0 N–H and O–H groups in total. The van der Waals surface area contributed by atoms with E-state index in [0.29, 0.717) is 11.8 Å². The van der Waals surface area contributed by atoms with Crippen LogP contribution in [0.15, 0.2) is 59.7 Å². The number of rotatable bonds is 6. The van der Waals surface area contributed by atoms with E-state index < -0.39 is 15.9 Å². The van der Waals surface area contributed by atoms with E-state index in [1.54, 1.807) is 0 Å². The second kappa shape index (κ2) is 8.55. The van der Waals surface area contributed by atoms with Crippen LogP contribution >= 0.6 is 17.0 Å². The van der Waals surface area contributed by atoms with E-state index in [4.69, 9.17) is 17.0 Å². The molecule has 0 saturated carbocycles. The van der Waals surface area contributed by atoms with Crippen LogP contribution in [-0.2, 0) is 15.9 Å². The summed E-state index contributed by atoms with van der Waals surface area (Å²) in [7, 11) is 16.1. The molecule has 2 aliphatic carbocycles. The molecule has 4 rings (SSSR count). The van der Waals surface area contributed by atoms with E-state index in [0.717, 1.165) is 12.8 Å². The molecular formula is C28H34Cl2Zr. The van der Waals surface area contributed by atoms with Gasteiger partial charge in [-0.1, -0.05) is 0 Å². The van der Waals surface area contributed by atoms with Crippen LogP contribution in [0.5, 0.6) is 0 Å². The van der Waals surface area contributed by atoms with Crippen LogP contribution in [0.4, 0.5) is 0 Å². The minimum absolute atomic E-state index is 0.125. The summed E-state index contributed by atoms with van der Waals surface area (Å²) < 4.78 is 2.53. The molecule has 3 heteroatoms. The van der Waals surface area contributed by atoms with Gasteiger partial charge in [0.1, 0.15) is 0 Å². The molecule has 0 amide bonds. The number of hydrogen-bond acceptors (Lipinski definition) is 0. The summed E-state index contributed by atoms with van der Waals surface area (Å²) in [6, 6.07) is 17.5. The van der Waals surface area contributed by atoms with Gasteiger partial charge in [0.25, 0.3) is 0 Å². The molecule has 0 saturated heterocycles. The first-order valence-corrected chi connectivity index (χ1v) is 22.2. The van der Waals surface area contributed by atoms with Crippen molar-refractivity contribution in [1.29, 1.82) is 0 Å². The van der Waals surface area contributed by atoms with Crippen LogP contribution in [0.1, 0.15) is 77.0 Å². The summed E-state index contributed by atoms with van der Waals surface area (Å²) in [6.07, 6.45) is 6.84. The predicted octanol–water partition coefficient (Wildman–Crippen LogP) is 9.17. The SMILES string of the molecule is C[CH]=[Zr]([Cl])([Cl])([CH]1C(CC(C)C)=Cc2ccccc21)[CH]1C(CC(C)C)=Cc2ccccc21. The molecule has 0 heterocycles. The number of halogens is 2. The Kier molecular flexibility index (Phi) is 6.46. The summed E-state index contributed by atoms with van der Waals surface area (Å²) in [4.78, 5) is 0. The zero-order valence-electron chi connectivity index (χ0n) is 19.3. The molecule has 0 aliphatic heterocycles. The summed E-state index contributed by atoms with van der Waals surface area (Å²) in [5.41, 5.74) is 8.12. The van der Waals surface area contributed by atoms with Crippen molar-refractivity contribution in [2.45, 2.75) is 54.7 Å². The zero-order chi connectivity index (χ0) is 22.4. The fourth-order valence-electron chi connectivity index (χ4n) is 5.88. The van der Waals surface area contributed by atoms with Crippen molar-refractivity contribution < 1.29 is 15.9 Å². The average molecular weight is 533 g/mol. The topological polar surface area (TPSA) is 0 Å². The van der Waals surface area contributed by atoms with Crippen molar-refractivity contribution in [2.75, 3.05) is 0 Å². The molecule has 0 nitrogen and oxygen atoms in total. The van der Waals surface area contributed by atoms with Crippen molar-refractivity contribution in [1.82, 2.24) is 0 Å². The van der Waals surface area contributed by atoms with Gasteiger partial charge < -0.3 is 0 Å². The first-order valence-electron chi connectivity index (χ1n) is 11.6. The first-order chi connectivity index (χ1) is 14.6. The Morgan fingerprint density at radius 3 is 1.48 bits per heavy atom. The van der Waals surface area contributed by atoms with E-state index in [1.165, 1.54) is 33.4 Å². The van der Waals surface area contributed by atoms with Crippen LogP contribution in [0.3, 0.4) is 0 Å². The number of allylic oxidation sites excluding steroid dienone is 2. The van der Waals surface area contributed by atoms with E-state index in [1.807, 2.05) is 0 Å². The van der Waals surface area contributed by atoms with Crippen molar-refractivity contribution in [2.24, 2.45) is 11.8 Å². The minimum atomic E-state index is -4.62. The van der Waals surface area contributed by atoms with Gasteiger partial charge in [-0.25, -0.2) is 0 Å². The van der Waals surface area contributed by atoms with E-state index in [-0.39, 0.29) is 7.25 Å². The molecular weight excluding hydrogens is 498 g/mol. The molecule has 2 aliphatic rings. The third-order valence-corrected chi connectivity index (χ3v) is 26.2. The van der Waals surface area contributed by atoms with Gasteiger partial charge in [0.2, 0.25) is 0 Å². The Labute approximate surface area is 196 Å². The van der Waals surface area contributed by atoms with Gasteiger partial charge in [0, 0.05) is 0 Å². The van der Waals surface area contributed by atoms with Gasteiger partial charge in [-0.15, -0.1) is 0 Å². The first kappa shape index (κ1) is 23.4. The monoisotopic (exact) mass is 530 g/mol. The molecule has 2 aromatic carbocycles. The van der Waals surface area contributed by atoms with Gasteiger partial charge in [-0.2, -0.15) is 0 Å². The number of benzene rings is 2. The molecule has 2 atom stereocenters. The van der Waals surface area contributed by atoms with Crippen molar-refractivity contribution in [3.63, 3.8) is 0 Å². The molecule has 164 valence electrons. The second-order valence-electron chi connectivity index (χ2n) is 10.3. The average Bonchev–Trinajstić information content (AvgIpc) is 3.25. The summed E-state index contributed by atoms with van der Waals surface area (Å²) in [6.45, 7) is 11.3. The van der Waals surface area contributed by atoms with Crippen LogP contribution in [0.25, 0.3) is 12.2 Å². The maximum absolute atomic E-state index is 8.04. The van der Waals surface area contributed by atoms with Crippen LogP contribution in [0, 0.1) is 11.8 Å². The Hall–Kier alpha value is -0.747. The van der Waals surface area contributed by atoms with Crippen LogP contribution < -0.4 is 0 Å². The fourth-order valence-corrected chi connectivity index (χ4v) is 23.1. The molecule has 0 spiro atoms. The summed E-state index contributed by atoms with van der Waals surface area (Å²) >= 11 is -4.62. The van der Waals surface area contributed by atoms with E-state index >= 15 is 0 Å². The molecule has 0 aromatic heterocycles. The molecule has 31 heavy (non-hydrogen) atoms. The van der Waals surface area contributed by atoms with Crippen molar-refractivity contribution >= 4 is 32.9 Å². The Morgan fingerprint density at radius 2 is 1.13 bits per heavy atom. The number of fused-ring (bicyclic) bond motifs is 2. The normalized spacial score (nSPS) is 20.6.